The summed E-state index contributed by atoms with van der Waals surface area (Å²) in [5.74, 6) is 0. The van der Waals surface area contributed by atoms with Crippen LogP contribution in [0.3, 0.4) is 0 Å². The highest BCUT2D eigenvalue weighted by Gasteiger charge is 2.21. The molecule has 0 fully saturated rings. The molecule has 0 aliphatic heterocycles. The van der Waals surface area contributed by atoms with Gasteiger partial charge in [0.15, 0.2) is 0 Å². The molecule has 3 heterocycles. The van der Waals surface area contributed by atoms with Gasteiger partial charge in [0, 0.05) is 11.4 Å². The van der Waals surface area contributed by atoms with Crippen molar-refractivity contribution in [1.29, 1.82) is 0 Å². The molecule has 0 saturated heterocycles. The smallest absolute Gasteiger partial charge is 0.111 e. The fourth-order valence-electron chi connectivity index (χ4n) is 3.54. The molecule has 3 aromatic heterocycles. The summed E-state index contributed by atoms with van der Waals surface area (Å²) in [4.78, 5) is 4.94. The number of hydrogen-bond donors (Lipinski definition) is 2. The van der Waals surface area contributed by atoms with Crippen LogP contribution in [0.4, 0.5) is 0 Å². The number of rotatable bonds is 4. The SMILES string of the molecule is CC(C)(C)Cc1cc(-c2cc(C(C)(C)C)cc(-c3cc(CC(C)(C)C)[nH]n3)n2)n[nH]1. The van der Waals surface area contributed by atoms with Crippen LogP contribution in [-0.4, -0.2) is 25.4 Å². The minimum atomic E-state index is 0.00152. The first-order chi connectivity index (χ1) is 13.7. The van der Waals surface area contributed by atoms with Gasteiger partial charge in [-0.1, -0.05) is 62.3 Å². The third-order valence-electron chi connectivity index (χ3n) is 4.92. The summed E-state index contributed by atoms with van der Waals surface area (Å²) in [5, 5.41) is 15.5. The molecule has 0 amide bonds. The van der Waals surface area contributed by atoms with Crippen LogP contribution in [0.5, 0.6) is 0 Å². The molecule has 5 heteroatoms. The molecule has 162 valence electrons. The Labute approximate surface area is 181 Å². The van der Waals surface area contributed by atoms with Gasteiger partial charge in [0.25, 0.3) is 0 Å². The monoisotopic (exact) mass is 407 g/mol. The fraction of sp³-hybridized carbons (Fsp3) is 0.560. The Morgan fingerprint density at radius 1 is 0.600 bits per heavy atom. The Balaban J connectivity index is 2.02. The Morgan fingerprint density at radius 2 is 1.00 bits per heavy atom. The Hall–Kier alpha value is -2.43. The summed E-state index contributed by atoms with van der Waals surface area (Å²) < 4.78 is 0. The molecule has 5 nitrogen and oxygen atoms in total. The van der Waals surface area contributed by atoms with Gasteiger partial charge in [0.05, 0.1) is 11.4 Å². The minimum absolute atomic E-state index is 0.00152. The standard InChI is InChI=1S/C25H37N5/c1-23(2,3)14-17-12-21(29-27-17)19-10-16(25(7,8)9)11-20(26-19)22-13-18(28-30-22)15-24(4,5)6/h10-13H,14-15H2,1-9H3,(H,27,29)(H,28,30). The van der Waals surface area contributed by atoms with Crippen LogP contribution >= 0.6 is 0 Å². The van der Waals surface area contributed by atoms with Gasteiger partial charge in [-0.15, -0.1) is 0 Å². The second-order valence-electron chi connectivity index (χ2n) is 11.9. The van der Waals surface area contributed by atoms with E-state index in [1.165, 1.54) is 5.56 Å². The molecule has 2 N–H and O–H groups in total. The van der Waals surface area contributed by atoms with Crippen LogP contribution in [0.25, 0.3) is 22.8 Å². The topological polar surface area (TPSA) is 70.2 Å². The maximum Gasteiger partial charge on any atom is 0.111 e. The van der Waals surface area contributed by atoms with Crippen molar-refractivity contribution in [3.05, 3.63) is 41.2 Å². The van der Waals surface area contributed by atoms with E-state index in [-0.39, 0.29) is 16.2 Å². The quantitative estimate of drug-likeness (QED) is 0.530. The van der Waals surface area contributed by atoms with Crippen LogP contribution in [-0.2, 0) is 18.3 Å². The molecular formula is C25H37N5. The van der Waals surface area contributed by atoms with E-state index in [2.05, 4.69) is 107 Å². The normalized spacial score (nSPS) is 13.1. The molecule has 0 saturated carbocycles. The van der Waals surface area contributed by atoms with Crippen LogP contribution in [0.15, 0.2) is 24.3 Å². The molecule has 0 aromatic carbocycles. The molecule has 30 heavy (non-hydrogen) atoms. The van der Waals surface area contributed by atoms with E-state index >= 15 is 0 Å². The molecule has 0 radical (unpaired) electrons. The molecule has 3 aromatic rings. The summed E-state index contributed by atoms with van der Waals surface area (Å²) in [6.45, 7) is 20.1. The lowest BCUT2D eigenvalue weighted by Gasteiger charge is -2.20. The zero-order valence-corrected chi connectivity index (χ0v) is 20.1. The zero-order valence-electron chi connectivity index (χ0n) is 20.1. The average Bonchev–Trinajstić information content (AvgIpc) is 3.20. The van der Waals surface area contributed by atoms with Gasteiger partial charge in [0.1, 0.15) is 11.4 Å². The van der Waals surface area contributed by atoms with Crippen molar-refractivity contribution in [2.75, 3.05) is 0 Å². The van der Waals surface area contributed by atoms with Crippen molar-refractivity contribution in [3.8, 4) is 22.8 Å². The number of aromatic amines is 2. The maximum atomic E-state index is 4.94. The van der Waals surface area contributed by atoms with Crippen molar-refractivity contribution in [2.24, 2.45) is 10.8 Å². The average molecular weight is 408 g/mol. The van der Waals surface area contributed by atoms with Gasteiger partial charge in [-0.25, -0.2) is 4.98 Å². The summed E-state index contributed by atoms with van der Waals surface area (Å²) in [6.07, 6.45) is 1.89. The van der Waals surface area contributed by atoms with Crippen molar-refractivity contribution < 1.29 is 0 Å². The second kappa shape index (κ2) is 7.68. The number of H-pyrrole nitrogens is 2. The van der Waals surface area contributed by atoms with Crippen molar-refractivity contribution >= 4 is 0 Å². The van der Waals surface area contributed by atoms with Gasteiger partial charge < -0.3 is 0 Å². The van der Waals surface area contributed by atoms with E-state index < -0.39 is 0 Å². The molecule has 0 aliphatic rings. The summed E-state index contributed by atoms with van der Waals surface area (Å²) in [6, 6.07) is 8.56. The second-order valence-corrected chi connectivity index (χ2v) is 11.9. The lowest BCUT2D eigenvalue weighted by molar-refractivity contribution is 0.405. The third kappa shape index (κ3) is 5.80. The number of hydrogen-bond acceptors (Lipinski definition) is 3. The van der Waals surface area contributed by atoms with Gasteiger partial charge in [-0.05, 0) is 58.9 Å². The number of nitrogens with one attached hydrogen (secondary N) is 2. The maximum absolute atomic E-state index is 4.94. The molecule has 0 unspecified atom stereocenters. The first-order valence-corrected chi connectivity index (χ1v) is 10.8. The first kappa shape index (κ1) is 22.3. The number of aromatic nitrogens is 5. The van der Waals surface area contributed by atoms with Gasteiger partial charge >= 0.3 is 0 Å². The van der Waals surface area contributed by atoms with E-state index in [1.54, 1.807) is 0 Å². The summed E-state index contributed by atoms with van der Waals surface area (Å²) in [7, 11) is 0. The van der Waals surface area contributed by atoms with E-state index in [0.29, 0.717) is 0 Å². The van der Waals surface area contributed by atoms with Crippen molar-refractivity contribution in [3.63, 3.8) is 0 Å². The lowest BCUT2D eigenvalue weighted by Crippen LogP contribution is -2.12. The Kier molecular flexibility index (Phi) is 5.70. The van der Waals surface area contributed by atoms with Crippen molar-refractivity contribution in [1.82, 2.24) is 25.4 Å². The predicted octanol–water partition coefficient (Wildman–Crippen LogP) is 6.34. The minimum Gasteiger partial charge on any atom is -0.282 e. The van der Waals surface area contributed by atoms with Crippen LogP contribution < -0.4 is 0 Å². The van der Waals surface area contributed by atoms with Crippen LogP contribution in [0, 0.1) is 10.8 Å². The lowest BCUT2D eigenvalue weighted by atomic mass is 9.86. The number of pyridine rings is 1. The van der Waals surface area contributed by atoms with E-state index in [1.807, 2.05) is 0 Å². The van der Waals surface area contributed by atoms with Gasteiger partial charge in [0.2, 0.25) is 0 Å². The zero-order chi connectivity index (χ0) is 22.3. The molecule has 0 aliphatic carbocycles. The van der Waals surface area contributed by atoms with Gasteiger partial charge in [-0.2, -0.15) is 10.2 Å². The molecule has 0 atom stereocenters. The van der Waals surface area contributed by atoms with E-state index in [9.17, 15) is 0 Å². The van der Waals surface area contributed by atoms with Crippen LogP contribution in [0.2, 0.25) is 0 Å². The molecule has 0 bridgehead atoms. The summed E-state index contributed by atoms with van der Waals surface area (Å²) >= 11 is 0. The van der Waals surface area contributed by atoms with Gasteiger partial charge in [-0.3, -0.25) is 10.2 Å². The number of nitrogens with zero attached hydrogens (tertiary/aromatic N) is 3. The first-order valence-electron chi connectivity index (χ1n) is 10.8. The molecule has 0 spiro atoms. The largest absolute Gasteiger partial charge is 0.282 e. The fourth-order valence-corrected chi connectivity index (χ4v) is 3.54. The predicted molar refractivity (Wildman–Crippen MR) is 124 cm³/mol. The Morgan fingerprint density at radius 3 is 1.33 bits per heavy atom. The van der Waals surface area contributed by atoms with Crippen molar-refractivity contribution in [2.45, 2.75) is 80.6 Å². The highest BCUT2D eigenvalue weighted by Crippen LogP contribution is 2.31. The van der Waals surface area contributed by atoms with Crippen LogP contribution in [0.1, 0.15) is 79.3 Å². The molecular weight excluding hydrogens is 370 g/mol. The summed E-state index contributed by atoms with van der Waals surface area (Å²) in [5.41, 5.74) is 7.43. The third-order valence-corrected chi connectivity index (χ3v) is 4.92. The highest BCUT2D eigenvalue weighted by atomic mass is 15.1. The molecule has 3 rings (SSSR count). The van der Waals surface area contributed by atoms with E-state index in [4.69, 9.17) is 4.98 Å². The van der Waals surface area contributed by atoms with E-state index in [0.717, 1.165) is 47.0 Å². The highest BCUT2D eigenvalue weighted by molar-refractivity contribution is 5.64. The Bertz CT molecular complexity index is 931.